The molecule has 0 aliphatic carbocycles. The summed E-state index contributed by atoms with van der Waals surface area (Å²) in [5, 5.41) is 4.10. The second kappa shape index (κ2) is 4.20. The molecule has 2 heterocycles. The number of aromatic nitrogens is 4. The molecule has 2 aromatic heterocycles. The van der Waals surface area contributed by atoms with Crippen LogP contribution in [-0.4, -0.2) is 19.2 Å². The van der Waals surface area contributed by atoms with E-state index in [2.05, 4.69) is 10.1 Å². The van der Waals surface area contributed by atoms with E-state index in [1.807, 2.05) is 0 Å². The molecule has 0 saturated carbocycles. The number of anilines is 1. The normalized spacial score (nSPS) is 11.0. The third-order valence-corrected chi connectivity index (χ3v) is 2.81. The minimum Gasteiger partial charge on any atom is -0.398 e. The van der Waals surface area contributed by atoms with Crippen LogP contribution in [0.15, 0.2) is 41.6 Å². The van der Waals surface area contributed by atoms with Gasteiger partial charge in [0.05, 0.1) is 12.7 Å². The molecule has 3 aromatic rings. The van der Waals surface area contributed by atoms with Gasteiger partial charge >= 0.3 is 5.69 Å². The maximum atomic E-state index is 13.2. The van der Waals surface area contributed by atoms with Crippen molar-refractivity contribution in [1.29, 1.82) is 0 Å². The average Bonchev–Trinajstić information content (AvgIpc) is 2.72. The first-order valence-corrected chi connectivity index (χ1v) is 5.58. The zero-order valence-electron chi connectivity index (χ0n) is 9.82. The molecule has 6 nitrogen and oxygen atoms in total. The molecule has 0 bridgehead atoms. The van der Waals surface area contributed by atoms with E-state index < -0.39 is 5.82 Å². The van der Waals surface area contributed by atoms with E-state index in [0.29, 0.717) is 16.9 Å². The van der Waals surface area contributed by atoms with Gasteiger partial charge in [-0.3, -0.25) is 4.98 Å². The van der Waals surface area contributed by atoms with Crippen LogP contribution < -0.4 is 11.4 Å². The summed E-state index contributed by atoms with van der Waals surface area (Å²) in [6, 6.07) is 4.03. The number of benzene rings is 1. The lowest BCUT2D eigenvalue weighted by molar-refractivity contribution is 0.616. The molecule has 0 fully saturated rings. The van der Waals surface area contributed by atoms with Gasteiger partial charge in [0.1, 0.15) is 5.82 Å². The number of nitrogen functional groups attached to an aromatic ring is 1. The van der Waals surface area contributed by atoms with Crippen molar-refractivity contribution in [1.82, 2.24) is 19.2 Å². The summed E-state index contributed by atoms with van der Waals surface area (Å²) in [6.07, 6.45) is 4.50. The van der Waals surface area contributed by atoms with Gasteiger partial charge in [-0.25, -0.2) is 18.3 Å². The lowest BCUT2D eigenvalue weighted by atomic mass is 10.2. The van der Waals surface area contributed by atoms with Gasteiger partial charge in [-0.2, -0.15) is 0 Å². The maximum absolute atomic E-state index is 13.2. The van der Waals surface area contributed by atoms with Crippen molar-refractivity contribution in [3.05, 3.63) is 58.7 Å². The van der Waals surface area contributed by atoms with Crippen molar-refractivity contribution < 1.29 is 4.39 Å². The highest BCUT2D eigenvalue weighted by Gasteiger charge is 2.09. The molecule has 0 spiro atoms. The molecular formula is C12H10FN5O. The van der Waals surface area contributed by atoms with Crippen LogP contribution in [0.2, 0.25) is 0 Å². The quantitative estimate of drug-likeness (QED) is 0.686. The van der Waals surface area contributed by atoms with Gasteiger partial charge in [0, 0.05) is 18.1 Å². The van der Waals surface area contributed by atoms with Crippen LogP contribution in [0.25, 0.3) is 5.65 Å². The Balaban J connectivity index is 2.08. The third-order valence-electron chi connectivity index (χ3n) is 2.81. The van der Waals surface area contributed by atoms with E-state index in [0.717, 1.165) is 0 Å². The van der Waals surface area contributed by atoms with Crippen LogP contribution in [0.3, 0.4) is 0 Å². The second-order valence-electron chi connectivity index (χ2n) is 4.09. The molecule has 0 atom stereocenters. The summed E-state index contributed by atoms with van der Waals surface area (Å²) in [7, 11) is 0. The summed E-state index contributed by atoms with van der Waals surface area (Å²) < 4.78 is 15.8. The van der Waals surface area contributed by atoms with Crippen molar-refractivity contribution in [3.8, 4) is 0 Å². The lowest BCUT2D eigenvalue weighted by Crippen LogP contribution is -2.22. The number of hydrogen-bond donors (Lipinski definition) is 1. The molecule has 2 N–H and O–H groups in total. The van der Waals surface area contributed by atoms with Gasteiger partial charge in [0.2, 0.25) is 0 Å². The third kappa shape index (κ3) is 1.95. The Morgan fingerprint density at radius 1 is 1.37 bits per heavy atom. The first-order chi connectivity index (χ1) is 9.15. The Labute approximate surface area is 106 Å². The lowest BCUT2D eigenvalue weighted by Gasteiger charge is -2.04. The van der Waals surface area contributed by atoms with E-state index in [1.54, 1.807) is 0 Å². The molecule has 19 heavy (non-hydrogen) atoms. The second-order valence-corrected chi connectivity index (χ2v) is 4.09. The molecule has 1 aromatic carbocycles. The highest BCUT2D eigenvalue weighted by molar-refractivity contribution is 5.46. The molecule has 7 heteroatoms. The molecule has 0 unspecified atom stereocenters. The van der Waals surface area contributed by atoms with Gasteiger partial charge in [0.15, 0.2) is 5.65 Å². The topological polar surface area (TPSA) is 78.2 Å². The van der Waals surface area contributed by atoms with Crippen molar-refractivity contribution in [2.24, 2.45) is 0 Å². The van der Waals surface area contributed by atoms with E-state index in [1.165, 1.54) is 45.9 Å². The Hall–Kier alpha value is -2.70. The minimum absolute atomic E-state index is 0.115. The fraction of sp³-hybridized carbons (Fsp3) is 0.0833. The smallest absolute Gasteiger partial charge is 0.350 e. The molecule has 0 amide bonds. The van der Waals surface area contributed by atoms with Crippen LogP contribution in [-0.2, 0) is 6.54 Å². The molecular weight excluding hydrogens is 249 g/mol. The summed E-state index contributed by atoms with van der Waals surface area (Å²) in [4.78, 5) is 15.9. The van der Waals surface area contributed by atoms with E-state index in [9.17, 15) is 9.18 Å². The monoisotopic (exact) mass is 259 g/mol. The Bertz CT molecular complexity index is 807. The number of rotatable bonds is 2. The van der Waals surface area contributed by atoms with Crippen molar-refractivity contribution in [2.75, 3.05) is 5.73 Å². The largest absolute Gasteiger partial charge is 0.398 e. The summed E-state index contributed by atoms with van der Waals surface area (Å²) in [5.41, 5.74) is 6.80. The van der Waals surface area contributed by atoms with E-state index in [4.69, 9.17) is 5.73 Å². The minimum atomic E-state index is -0.400. The van der Waals surface area contributed by atoms with Gasteiger partial charge in [-0.15, -0.1) is 5.10 Å². The number of hydrogen-bond acceptors (Lipinski definition) is 4. The summed E-state index contributed by atoms with van der Waals surface area (Å²) >= 11 is 0. The van der Waals surface area contributed by atoms with Gasteiger partial charge in [-0.1, -0.05) is 0 Å². The van der Waals surface area contributed by atoms with Gasteiger partial charge in [-0.05, 0) is 23.8 Å². The van der Waals surface area contributed by atoms with Crippen molar-refractivity contribution >= 4 is 11.3 Å². The van der Waals surface area contributed by atoms with Crippen LogP contribution >= 0.6 is 0 Å². The zero-order valence-corrected chi connectivity index (χ0v) is 9.82. The van der Waals surface area contributed by atoms with Crippen LogP contribution in [0.5, 0.6) is 0 Å². The standard InChI is InChI=1S/C12H10FN5O/c13-9-1-2-10(14)8(5-9)7-18-12(19)17-4-3-15-6-11(17)16-18/h1-6H,7,14H2. The number of halogens is 1. The Morgan fingerprint density at radius 3 is 3.00 bits per heavy atom. The van der Waals surface area contributed by atoms with Crippen molar-refractivity contribution in [2.45, 2.75) is 6.54 Å². The number of nitrogens with zero attached hydrogens (tertiary/aromatic N) is 4. The average molecular weight is 259 g/mol. The molecule has 96 valence electrons. The van der Waals surface area contributed by atoms with Crippen LogP contribution in [0, 0.1) is 5.82 Å². The Morgan fingerprint density at radius 2 is 2.21 bits per heavy atom. The van der Waals surface area contributed by atoms with Crippen LogP contribution in [0.4, 0.5) is 10.1 Å². The van der Waals surface area contributed by atoms with E-state index in [-0.39, 0.29) is 12.2 Å². The molecule has 0 aliphatic rings. The fourth-order valence-corrected chi connectivity index (χ4v) is 1.86. The zero-order chi connectivity index (χ0) is 13.4. The SMILES string of the molecule is Nc1ccc(F)cc1Cn1nc2cnccn2c1=O. The first kappa shape index (κ1) is 11.4. The molecule has 0 saturated heterocycles. The predicted molar refractivity (Wildman–Crippen MR) is 67.2 cm³/mol. The van der Waals surface area contributed by atoms with Gasteiger partial charge in [0.25, 0.3) is 0 Å². The summed E-state index contributed by atoms with van der Waals surface area (Å²) in [6.45, 7) is 0.115. The highest BCUT2D eigenvalue weighted by Crippen LogP contribution is 2.13. The molecule has 0 radical (unpaired) electrons. The first-order valence-electron chi connectivity index (χ1n) is 5.58. The van der Waals surface area contributed by atoms with Crippen molar-refractivity contribution in [3.63, 3.8) is 0 Å². The maximum Gasteiger partial charge on any atom is 0.350 e. The van der Waals surface area contributed by atoms with Crippen LogP contribution in [0.1, 0.15) is 5.56 Å². The molecule has 3 rings (SSSR count). The number of fused-ring (bicyclic) bond motifs is 1. The predicted octanol–water partition coefficient (Wildman–Crippen LogP) is 0.661. The number of nitrogens with two attached hydrogens (primary N) is 1. The Kier molecular flexibility index (Phi) is 2.52. The molecule has 0 aliphatic heterocycles. The summed E-state index contributed by atoms with van der Waals surface area (Å²) in [5.74, 6) is -0.400. The fourth-order valence-electron chi connectivity index (χ4n) is 1.86. The van der Waals surface area contributed by atoms with Gasteiger partial charge < -0.3 is 5.73 Å². The highest BCUT2D eigenvalue weighted by atomic mass is 19.1. The van der Waals surface area contributed by atoms with E-state index >= 15 is 0 Å².